The number of furan rings is 1. The highest BCUT2D eigenvalue weighted by atomic mass is 16.3. The lowest BCUT2D eigenvalue weighted by Gasteiger charge is -2.08. The third-order valence-corrected chi connectivity index (χ3v) is 6.50. The summed E-state index contributed by atoms with van der Waals surface area (Å²) in [5.74, 6) is 0. The maximum Gasteiger partial charge on any atom is 0.177 e. The minimum atomic E-state index is 0.635. The summed E-state index contributed by atoms with van der Waals surface area (Å²) in [6.45, 7) is 0. The van der Waals surface area contributed by atoms with E-state index in [1.807, 2.05) is 48.7 Å². The third-order valence-electron chi connectivity index (χ3n) is 6.50. The predicted molar refractivity (Wildman–Crippen MR) is 136 cm³/mol. The highest BCUT2D eigenvalue weighted by Gasteiger charge is 2.19. The van der Waals surface area contributed by atoms with Crippen LogP contribution in [0.2, 0.25) is 0 Å². The van der Waals surface area contributed by atoms with Gasteiger partial charge in [-0.3, -0.25) is 4.98 Å². The first-order valence-corrected chi connectivity index (χ1v) is 11.1. The number of para-hydroxylation sites is 3. The number of hydrogen-bond acceptors (Lipinski definition) is 3. The molecule has 0 unspecified atom stereocenters. The van der Waals surface area contributed by atoms with Crippen molar-refractivity contribution in [1.82, 2.24) is 9.55 Å². The Labute approximate surface area is 194 Å². The van der Waals surface area contributed by atoms with E-state index in [1.165, 1.54) is 10.8 Å². The van der Waals surface area contributed by atoms with E-state index >= 15 is 0 Å². The van der Waals surface area contributed by atoms with Gasteiger partial charge in [0.2, 0.25) is 0 Å². The summed E-state index contributed by atoms with van der Waals surface area (Å²) < 4.78 is 8.86. The molecule has 158 valence electrons. The Balaban J connectivity index is 1.56. The first kappa shape index (κ1) is 18.7. The van der Waals surface area contributed by atoms with E-state index in [9.17, 15) is 0 Å². The van der Waals surface area contributed by atoms with E-state index in [2.05, 4.69) is 65.2 Å². The normalized spacial score (nSPS) is 11.5. The Hall–Kier alpha value is -4.88. The number of nitriles is 1. The van der Waals surface area contributed by atoms with Crippen LogP contribution in [0.3, 0.4) is 0 Å². The largest absolute Gasteiger partial charge is 0.451 e. The zero-order valence-corrected chi connectivity index (χ0v) is 18.1. The number of nitrogens with zero attached hydrogens (tertiary/aromatic N) is 3. The van der Waals surface area contributed by atoms with Crippen molar-refractivity contribution in [1.29, 1.82) is 5.26 Å². The molecule has 0 aliphatic rings. The zero-order valence-electron chi connectivity index (χ0n) is 18.1. The average molecular weight is 435 g/mol. The second kappa shape index (κ2) is 7.06. The number of rotatable bonds is 2. The number of hydrogen-bond donors (Lipinski definition) is 0. The van der Waals surface area contributed by atoms with Crippen LogP contribution in [-0.2, 0) is 0 Å². The Morgan fingerprint density at radius 1 is 0.676 bits per heavy atom. The topological polar surface area (TPSA) is 54.8 Å². The molecule has 0 bridgehead atoms. The van der Waals surface area contributed by atoms with E-state index in [-0.39, 0.29) is 0 Å². The van der Waals surface area contributed by atoms with Crippen molar-refractivity contribution in [2.24, 2.45) is 0 Å². The first-order chi connectivity index (χ1) is 16.8. The summed E-state index contributed by atoms with van der Waals surface area (Å²) in [6.07, 6.45) is 1.85. The second-order valence-electron chi connectivity index (χ2n) is 8.35. The lowest BCUT2D eigenvalue weighted by atomic mass is 10.0. The molecule has 4 nitrogen and oxygen atoms in total. The van der Waals surface area contributed by atoms with Gasteiger partial charge in [-0.1, -0.05) is 60.7 Å². The SMILES string of the molecule is N#Cc1ccc(-c2cccc3c2oc2c(-n4c5ccccc5c5ccccc54)ccnc23)cc1. The van der Waals surface area contributed by atoms with Gasteiger partial charge in [0.1, 0.15) is 11.1 Å². The van der Waals surface area contributed by atoms with Crippen LogP contribution in [0.5, 0.6) is 0 Å². The maximum absolute atomic E-state index is 9.16. The molecule has 0 spiro atoms. The van der Waals surface area contributed by atoms with Gasteiger partial charge in [0.05, 0.1) is 28.4 Å². The van der Waals surface area contributed by atoms with E-state index in [0.717, 1.165) is 49.9 Å². The van der Waals surface area contributed by atoms with Crippen LogP contribution in [0.1, 0.15) is 5.56 Å². The fourth-order valence-corrected chi connectivity index (χ4v) is 4.98. The summed E-state index contributed by atoms with van der Waals surface area (Å²) in [4.78, 5) is 4.71. The standard InChI is InChI=1S/C30H17N3O/c31-18-19-12-14-20(15-13-19)21-8-5-9-24-28-30(34-29(21)24)27(16-17-32-28)33-25-10-3-1-6-22(25)23-7-2-4-11-26(23)33/h1-17H. The monoisotopic (exact) mass is 435 g/mol. The van der Waals surface area contributed by atoms with Crippen LogP contribution in [0.25, 0.3) is 60.7 Å². The van der Waals surface area contributed by atoms with Crippen LogP contribution in [0.15, 0.2) is 108 Å². The van der Waals surface area contributed by atoms with Crippen molar-refractivity contribution in [3.63, 3.8) is 0 Å². The van der Waals surface area contributed by atoms with Gasteiger partial charge in [0.25, 0.3) is 0 Å². The molecule has 0 saturated heterocycles. The predicted octanol–water partition coefficient (Wildman–Crippen LogP) is 7.62. The molecule has 0 N–H and O–H groups in total. The minimum absolute atomic E-state index is 0.635. The van der Waals surface area contributed by atoms with E-state index in [1.54, 1.807) is 0 Å². The van der Waals surface area contributed by atoms with Crippen molar-refractivity contribution < 1.29 is 4.42 Å². The molecular weight excluding hydrogens is 418 g/mol. The van der Waals surface area contributed by atoms with Crippen LogP contribution in [0, 0.1) is 11.3 Å². The Bertz CT molecular complexity index is 1860. The highest BCUT2D eigenvalue weighted by molar-refractivity contribution is 6.13. The molecule has 0 fully saturated rings. The molecular formula is C30H17N3O. The van der Waals surface area contributed by atoms with Gasteiger partial charge in [-0.15, -0.1) is 0 Å². The van der Waals surface area contributed by atoms with Gasteiger partial charge in [-0.05, 0) is 42.0 Å². The van der Waals surface area contributed by atoms with E-state index < -0.39 is 0 Å². The summed E-state index contributed by atoms with van der Waals surface area (Å²) in [7, 11) is 0. The van der Waals surface area contributed by atoms with Crippen LogP contribution >= 0.6 is 0 Å². The molecule has 0 amide bonds. The number of benzene rings is 4. The molecule has 0 radical (unpaired) electrons. The van der Waals surface area contributed by atoms with Gasteiger partial charge in [0, 0.05) is 27.9 Å². The average Bonchev–Trinajstić information content (AvgIpc) is 3.45. The summed E-state index contributed by atoms with van der Waals surface area (Å²) in [5, 5.41) is 12.5. The molecule has 34 heavy (non-hydrogen) atoms. The van der Waals surface area contributed by atoms with Crippen molar-refractivity contribution in [3.8, 4) is 22.9 Å². The summed E-state index contributed by atoms with van der Waals surface area (Å²) in [6, 6.07) is 34.8. The lowest BCUT2D eigenvalue weighted by molar-refractivity contribution is 0.666. The van der Waals surface area contributed by atoms with Gasteiger partial charge >= 0.3 is 0 Å². The number of fused-ring (bicyclic) bond motifs is 6. The van der Waals surface area contributed by atoms with Crippen molar-refractivity contribution in [2.75, 3.05) is 0 Å². The first-order valence-electron chi connectivity index (χ1n) is 11.1. The molecule has 3 heterocycles. The third kappa shape index (κ3) is 2.55. The number of pyridine rings is 1. The summed E-state index contributed by atoms with van der Waals surface area (Å²) >= 11 is 0. The highest BCUT2D eigenvalue weighted by Crippen LogP contribution is 2.39. The van der Waals surface area contributed by atoms with Crippen molar-refractivity contribution >= 4 is 43.9 Å². The van der Waals surface area contributed by atoms with Crippen LogP contribution < -0.4 is 0 Å². The van der Waals surface area contributed by atoms with Gasteiger partial charge in [-0.2, -0.15) is 5.26 Å². The van der Waals surface area contributed by atoms with Gasteiger partial charge in [0.15, 0.2) is 5.58 Å². The molecule has 0 aliphatic carbocycles. The van der Waals surface area contributed by atoms with Crippen molar-refractivity contribution in [3.05, 3.63) is 109 Å². The second-order valence-corrected chi connectivity index (χ2v) is 8.35. The van der Waals surface area contributed by atoms with Gasteiger partial charge in [-0.25, -0.2) is 0 Å². The zero-order chi connectivity index (χ0) is 22.6. The van der Waals surface area contributed by atoms with Crippen molar-refractivity contribution in [2.45, 2.75) is 0 Å². The Morgan fingerprint density at radius 3 is 2.06 bits per heavy atom. The van der Waals surface area contributed by atoms with Crippen LogP contribution in [0.4, 0.5) is 0 Å². The Kier molecular flexibility index (Phi) is 3.88. The van der Waals surface area contributed by atoms with E-state index in [4.69, 9.17) is 14.7 Å². The molecule has 0 aliphatic heterocycles. The minimum Gasteiger partial charge on any atom is -0.451 e. The molecule has 0 atom stereocenters. The quantitative estimate of drug-likeness (QED) is 0.281. The molecule has 7 rings (SSSR count). The smallest absolute Gasteiger partial charge is 0.177 e. The lowest BCUT2D eigenvalue weighted by Crippen LogP contribution is -1.94. The number of aromatic nitrogens is 2. The fourth-order valence-electron chi connectivity index (χ4n) is 4.98. The Morgan fingerprint density at radius 2 is 1.35 bits per heavy atom. The molecule has 4 heteroatoms. The van der Waals surface area contributed by atoms with Gasteiger partial charge < -0.3 is 8.98 Å². The fraction of sp³-hybridized carbons (Fsp3) is 0. The molecule has 0 saturated carbocycles. The van der Waals surface area contributed by atoms with Crippen LogP contribution in [-0.4, -0.2) is 9.55 Å². The molecule has 4 aromatic carbocycles. The molecule has 3 aromatic heterocycles. The maximum atomic E-state index is 9.16. The van der Waals surface area contributed by atoms with E-state index in [0.29, 0.717) is 5.56 Å². The summed E-state index contributed by atoms with van der Waals surface area (Å²) in [5.41, 5.74) is 8.22. The molecule has 7 aromatic rings.